The monoisotopic (exact) mass is 173 g/mol. The number of rotatable bonds is 0. The summed E-state index contributed by atoms with van der Waals surface area (Å²) in [4.78, 5) is 0. The summed E-state index contributed by atoms with van der Waals surface area (Å²) >= 11 is 0. The van der Waals surface area contributed by atoms with Crippen LogP contribution in [0.5, 0.6) is 0 Å². The number of fused-ring (bicyclic) bond motifs is 3. The molecule has 0 radical (unpaired) electrons. The lowest BCUT2D eigenvalue weighted by atomic mass is 9.94. The van der Waals surface area contributed by atoms with Crippen molar-refractivity contribution in [3.8, 4) is 0 Å². The van der Waals surface area contributed by atoms with Gasteiger partial charge in [-0.3, -0.25) is 0 Å². The van der Waals surface area contributed by atoms with E-state index in [0.717, 1.165) is 12.0 Å². The van der Waals surface area contributed by atoms with Crippen molar-refractivity contribution in [2.24, 2.45) is 0 Å². The number of hydrogen-bond acceptors (Lipinski definition) is 1. The van der Waals surface area contributed by atoms with Gasteiger partial charge in [-0.15, -0.1) is 0 Å². The molecule has 0 saturated heterocycles. The highest BCUT2D eigenvalue weighted by Crippen LogP contribution is 2.46. The van der Waals surface area contributed by atoms with E-state index < -0.39 is 0 Å². The third-order valence-electron chi connectivity index (χ3n) is 3.55. The van der Waals surface area contributed by atoms with Crippen molar-refractivity contribution in [2.45, 2.75) is 38.1 Å². The summed E-state index contributed by atoms with van der Waals surface area (Å²) in [5.74, 6) is 0.816. The van der Waals surface area contributed by atoms with E-state index in [1.54, 1.807) is 5.56 Å². The zero-order valence-electron chi connectivity index (χ0n) is 8.01. The van der Waals surface area contributed by atoms with Crippen LogP contribution in [0.15, 0.2) is 18.2 Å². The molecule has 68 valence electrons. The molecule has 1 heteroatoms. The molecule has 1 N–H and O–H groups in total. The van der Waals surface area contributed by atoms with Gasteiger partial charge in [0.05, 0.1) is 0 Å². The summed E-state index contributed by atoms with van der Waals surface area (Å²) < 4.78 is 0. The zero-order chi connectivity index (χ0) is 8.84. The molecule has 2 unspecified atom stereocenters. The van der Waals surface area contributed by atoms with Crippen LogP contribution >= 0.6 is 0 Å². The van der Waals surface area contributed by atoms with Crippen LogP contribution in [0.1, 0.15) is 36.3 Å². The second kappa shape index (κ2) is 2.50. The van der Waals surface area contributed by atoms with Crippen LogP contribution in [-0.2, 0) is 0 Å². The highest BCUT2D eigenvalue weighted by atomic mass is 15.0. The van der Waals surface area contributed by atoms with E-state index in [9.17, 15) is 0 Å². The quantitative estimate of drug-likeness (QED) is 0.635. The van der Waals surface area contributed by atoms with Crippen molar-refractivity contribution in [3.05, 3.63) is 29.3 Å². The van der Waals surface area contributed by atoms with Crippen molar-refractivity contribution >= 4 is 5.69 Å². The zero-order valence-corrected chi connectivity index (χ0v) is 8.01. The summed E-state index contributed by atoms with van der Waals surface area (Å²) in [7, 11) is 0. The predicted octanol–water partition coefficient (Wildman–Crippen LogP) is 3.06. The smallest absolute Gasteiger partial charge is 0.0381 e. The van der Waals surface area contributed by atoms with Crippen molar-refractivity contribution < 1.29 is 0 Å². The maximum atomic E-state index is 3.64. The molecule has 1 aromatic carbocycles. The summed E-state index contributed by atoms with van der Waals surface area (Å²) in [6, 6.07) is 7.36. The van der Waals surface area contributed by atoms with Gasteiger partial charge in [-0.1, -0.05) is 18.6 Å². The van der Waals surface area contributed by atoms with Gasteiger partial charge < -0.3 is 5.32 Å². The Kier molecular flexibility index (Phi) is 1.43. The SMILES string of the molecule is Cc1cccc2c1C1CCCC1N2. The van der Waals surface area contributed by atoms with Gasteiger partial charge in [0.15, 0.2) is 0 Å². The van der Waals surface area contributed by atoms with E-state index >= 15 is 0 Å². The lowest BCUT2D eigenvalue weighted by Crippen LogP contribution is -2.13. The molecule has 13 heavy (non-hydrogen) atoms. The second-order valence-corrected chi connectivity index (χ2v) is 4.32. The van der Waals surface area contributed by atoms with Crippen LogP contribution in [0.4, 0.5) is 5.69 Å². The maximum Gasteiger partial charge on any atom is 0.0381 e. The van der Waals surface area contributed by atoms with Crippen molar-refractivity contribution in [1.82, 2.24) is 0 Å². The number of anilines is 1. The highest BCUT2D eigenvalue weighted by Gasteiger charge is 2.36. The minimum Gasteiger partial charge on any atom is -0.381 e. The lowest BCUT2D eigenvalue weighted by Gasteiger charge is -2.09. The van der Waals surface area contributed by atoms with E-state index in [2.05, 4.69) is 30.4 Å². The van der Waals surface area contributed by atoms with E-state index in [0.29, 0.717) is 0 Å². The number of hydrogen-bond donors (Lipinski definition) is 1. The van der Waals surface area contributed by atoms with Crippen LogP contribution in [0.2, 0.25) is 0 Å². The highest BCUT2D eigenvalue weighted by molar-refractivity contribution is 5.62. The molecule has 1 saturated carbocycles. The van der Waals surface area contributed by atoms with Gasteiger partial charge in [-0.2, -0.15) is 0 Å². The fourth-order valence-corrected chi connectivity index (χ4v) is 2.98. The first-order valence-corrected chi connectivity index (χ1v) is 5.22. The minimum absolute atomic E-state index is 0.746. The molecule has 0 amide bonds. The molecule has 3 rings (SSSR count). The largest absolute Gasteiger partial charge is 0.381 e. The Labute approximate surface area is 79.2 Å². The van der Waals surface area contributed by atoms with E-state index in [1.807, 2.05) is 0 Å². The van der Waals surface area contributed by atoms with Crippen LogP contribution < -0.4 is 5.32 Å². The van der Waals surface area contributed by atoms with Gasteiger partial charge in [0, 0.05) is 17.6 Å². The normalized spacial score (nSPS) is 29.6. The van der Waals surface area contributed by atoms with E-state index in [4.69, 9.17) is 0 Å². The van der Waals surface area contributed by atoms with Gasteiger partial charge >= 0.3 is 0 Å². The Balaban J connectivity index is 2.14. The van der Waals surface area contributed by atoms with Crippen molar-refractivity contribution in [1.29, 1.82) is 0 Å². The Morgan fingerprint density at radius 3 is 3.15 bits per heavy atom. The third kappa shape index (κ3) is 0.932. The molecule has 2 aliphatic rings. The molecule has 0 aromatic heterocycles. The van der Waals surface area contributed by atoms with Crippen LogP contribution in [0.25, 0.3) is 0 Å². The topological polar surface area (TPSA) is 12.0 Å². The van der Waals surface area contributed by atoms with E-state index in [1.165, 1.54) is 30.5 Å². The fraction of sp³-hybridized carbons (Fsp3) is 0.500. The van der Waals surface area contributed by atoms with Gasteiger partial charge in [0.2, 0.25) is 0 Å². The van der Waals surface area contributed by atoms with Gasteiger partial charge in [0.1, 0.15) is 0 Å². The van der Waals surface area contributed by atoms with Gasteiger partial charge in [0.25, 0.3) is 0 Å². The molecule has 1 fully saturated rings. The molecule has 1 aliphatic heterocycles. The lowest BCUT2D eigenvalue weighted by molar-refractivity contribution is 0.686. The Hall–Kier alpha value is -0.980. The first kappa shape index (κ1) is 7.43. The summed E-state index contributed by atoms with van der Waals surface area (Å²) in [5.41, 5.74) is 4.47. The fourth-order valence-electron chi connectivity index (χ4n) is 2.98. The van der Waals surface area contributed by atoms with Crippen molar-refractivity contribution in [2.75, 3.05) is 5.32 Å². The summed E-state index contributed by atoms with van der Waals surface area (Å²) in [6.07, 6.45) is 4.14. The molecule has 1 aliphatic carbocycles. The average molecular weight is 173 g/mol. The Morgan fingerprint density at radius 1 is 1.31 bits per heavy atom. The Morgan fingerprint density at radius 2 is 2.23 bits per heavy atom. The Bertz CT molecular complexity index is 343. The standard InChI is InChI=1S/C12H15N/c1-8-4-2-7-11-12(8)9-5-3-6-10(9)13-11/h2,4,7,9-10,13H,3,5-6H2,1H3. The predicted molar refractivity (Wildman–Crippen MR) is 55.2 cm³/mol. The molecule has 0 spiro atoms. The average Bonchev–Trinajstić information content (AvgIpc) is 2.62. The second-order valence-electron chi connectivity index (χ2n) is 4.32. The van der Waals surface area contributed by atoms with Gasteiger partial charge in [-0.25, -0.2) is 0 Å². The molecule has 1 aromatic rings. The third-order valence-corrected chi connectivity index (χ3v) is 3.55. The van der Waals surface area contributed by atoms with Crippen LogP contribution in [0, 0.1) is 6.92 Å². The number of nitrogens with one attached hydrogen (secondary N) is 1. The van der Waals surface area contributed by atoms with E-state index in [-0.39, 0.29) is 0 Å². The van der Waals surface area contributed by atoms with Crippen LogP contribution in [-0.4, -0.2) is 6.04 Å². The van der Waals surface area contributed by atoms with Crippen molar-refractivity contribution in [3.63, 3.8) is 0 Å². The first-order chi connectivity index (χ1) is 6.36. The minimum atomic E-state index is 0.746. The molecule has 0 bridgehead atoms. The first-order valence-electron chi connectivity index (χ1n) is 5.22. The molecular weight excluding hydrogens is 158 g/mol. The van der Waals surface area contributed by atoms with Gasteiger partial charge in [-0.05, 0) is 37.0 Å². The molecule has 1 heterocycles. The summed E-state index contributed by atoms with van der Waals surface area (Å²) in [5, 5.41) is 3.64. The number of aryl methyl sites for hydroxylation is 1. The van der Waals surface area contributed by atoms with Crippen LogP contribution in [0.3, 0.4) is 0 Å². The molecule has 2 atom stereocenters. The molecule has 1 nitrogen and oxygen atoms in total. The summed E-state index contributed by atoms with van der Waals surface area (Å²) in [6.45, 7) is 2.24. The molecular formula is C12H15N. The number of benzene rings is 1. The maximum absolute atomic E-state index is 3.64.